The van der Waals surface area contributed by atoms with Crippen molar-refractivity contribution in [1.82, 2.24) is 15.0 Å². The Bertz CT molecular complexity index is 900. The summed E-state index contributed by atoms with van der Waals surface area (Å²) in [4.78, 5) is 25.8. The van der Waals surface area contributed by atoms with Crippen molar-refractivity contribution < 1.29 is 13.6 Å². The summed E-state index contributed by atoms with van der Waals surface area (Å²) in [5, 5.41) is 2.91. The molecule has 0 aromatic carbocycles. The van der Waals surface area contributed by atoms with Gasteiger partial charge in [0.2, 0.25) is 5.92 Å². The summed E-state index contributed by atoms with van der Waals surface area (Å²) in [6, 6.07) is 1.78. The van der Waals surface area contributed by atoms with Gasteiger partial charge in [0.1, 0.15) is 5.82 Å². The molecule has 1 aliphatic carbocycles. The summed E-state index contributed by atoms with van der Waals surface area (Å²) in [5.41, 5.74) is 3.01. The Balaban J connectivity index is 1.90. The molecule has 29 heavy (non-hydrogen) atoms. The maximum absolute atomic E-state index is 13.6. The molecule has 3 rings (SSSR count). The van der Waals surface area contributed by atoms with Gasteiger partial charge in [0.05, 0.1) is 16.9 Å². The molecule has 0 atom stereocenters. The highest BCUT2D eigenvalue weighted by molar-refractivity contribution is 6.05. The average Bonchev–Trinajstić information content (AvgIpc) is 2.68. The molecule has 0 spiro atoms. The Hall–Kier alpha value is -2.70. The van der Waals surface area contributed by atoms with Crippen molar-refractivity contribution >= 4 is 17.2 Å². The van der Waals surface area contributed by atoms with Crippen LogP contribution in [-0.4, -0.2) is 26.8 Å². The number of aromatic nitrogens is 3. The van der Waals surface area contributed by atoms with E-state index < -0.39 is 5.92 Å². The van der Waals surface area contributed by atoms with Crippen LogP contribution in [0.4, 0.5) is 14.5 Å². The summed E-state index contributed by atoms with van der Waals surface area (Å²) in [6.07, 6.45) is 4.94. The van der Waals surface area contributed by atoms with Gasteiger partial charge in [-0.25, -0.2) is 18.7 Å². The summed E-state index contributed by atoms with van der Waals surface area (Å²) in [6.45, 7) is 9.77. The first-order valence-electron chi connectivity index (χ1n) is 9.84. The molecular formula is C22H26F2N4O. The van der Waals surface area contributed by atoms with E-state index in [1.807, 2.05) is 20.8 Å². The van der Waals surface area contributed by atoms with Crippen LogP contribution in [0.5, 0.6) is 0 Å². The number of hydrogen-bond acceptors (Lipinski definition) is 4. The third-order valence-electron chi connectivity index (χ3n) is 5.23. The van der Waals surface area contributed by atoms with Crippen molar-refractivity contribution in [2.24, 2.45) is 0 Å². The highest BCUT2D eigenvalue weighted by Crippen LogP contribution is 2.43. The number of alkyl halides is 2. The van der Waals surface area contributed by atoms with E-state index in [-0.39, 0.29) is 30.6 Å². The minimum atomic E-state index is -2.62. The van der Waals surface area contributed by atoms with E-state index in [2.05, 4.69) is 26.8 Å². The fourth-order valence-corrected chi connectivity index (χ4v) is 3.53. The van der Waals surface area contributed by atoms with E-state index in [0.29, 0.717) is 35.6 Å². The molecule has 1 N–H and O–H groups in total. The lowest BCUT2D eigenvalue weighted by atomic mass is 9.83. The Morgan fingerprint density at radius 2 is 1.83 bits per heavy atom. The first-order valence-corrected chi connectivity index (χ1v) is 9.84. The number of anilines is 1. The summed E-state index contributed by atoms with van der Waals surface area (Å²) in [5.74, 6) is -2.30. The van der Waals surface area contributed by atoms with Crippen molar-refractivity contribution in [2.45, 2.75) is 64.2 Å². The van der Waals surface area contributed by atoms with Gasteiger partial charge in [-0.3, -0.25) is 9.78 Å². The normalized spacial score (nSPS) is 16.6. The minimum Gasteiger partial charge on any atom is -0.320 e. The molecule has 0 radical (unpaired) electrons. The van der Waals surface area contributed by atoms with Crippen LogP contribution < -0.4 is 5.32 Å². The van der Waals surface area contributed by atoms with Gasteiger partial charge in [0.15, 0.2) is 0 Å². The highest BCUT2D eigenvalue weighted by Gasteiger charge is 2.37. The largest absolute Gasteiger partial charge is 0.320 e. The van der Waals surface area contributed by atoms with Crippen molar-refractivity contribution in [3.63, 3.8) is 0 Å². The summed E-state index contributed by atoms with van der Waals surface area (Å²) in [7, 11) is 0. The first-order chi connectivity index (χ1) is 13.7. The number of allylic oxidation sites excluding steroid dienone is 1. The van der Waals surface area contributed by atoms with Gasteiger partial charge in [0, 0.05) is 48.8 Å². The van der Waals surface area contributed by atoms with Gasteiger partial charge in [-0.05, 0) is 31.4 Å². The fraction of sp³-hybridized carbons (Fsp3) is 0.455. The second-order valence-electron chi connectivity index (χ2n) is 7.97. The second-order valence-corrected chi connectivity index (χ2v) is 7.97. The van der Waals surface area contributed by atoms with Crippen molar-refractivity contribution in [1.29, 1.82) is 0 Å². The third kappa shape index (κ3) is 4.83. The monoisotopic (exact) mass is 400 g/mol. The molecule has 1 saturated carbocycles. The van der Waals surface area contributed by atoms with E-state index >= 15 is 0 Å². The van der Waals surface area contributed by atoms with Gasteiger partial charge in [-0.15, -0.1) is 0 Å². The second kappa shape index (κ2) is 8.35. The van der Waals surface area contributed by atoms with E-state index in [1.54, 1.807) is 12.3 Å². The lowest BCUT2D eigenvalue weighted by Crippen LogP contribution is -2.25. The number of hydrogen-bond donors (Lipinski definition) is 1. The van der Waals surface area contributed by atoms with Gasteiger partial charge < -0.3 is 5.32 Å². The quantitative estimate of drug-likeness (QED) is 0.712. The smallest absolute Gasteiger partial charge is 0.258 e. The molecule has 2 aromatic rings. The summed E-state index contributed by atoms with van der Waals surface area (Å²) >= 11 is 0. The Kier molecular flexibility index (Phi) is 6.05. The predicted molar refractivity (Wildman–Crippen MR) is 109 cm³/mol. The minimum absolute atomic E-state index is 0.135. The van der Waals surface area contributed by atoms with Crippen LogP contribution in [0.25, 0.3) is 5.57 Å². The molecule has 0 aliphatic heterocycles. The molecule has 1 amide bonds. The standard InChI is InChI=1S/C22H26F2N4O/c1-13(2)17-7-10-25-18(15-5-8-22(23,24)9-6-15)19(17)28-21(29)16-11-26-20(14(3)4)27-12-16/h7,10-12,14-15H,1,5-6,8-9H2,2-4H3,(H,28,29). The van der Waals surface area contributed by atoms with Crippen molar-refractivity contribution in [3.8, 4) is 0 Å². The Labute approximate surface area is 169 Å². The molecule has 2 heterocycles. The molecule has 5 nitrogen and oxygen atoms in total. The summed E-state index contributed by atoms with van der Waals surface area (Å²) < 4.78 is 27.2. The molecule has 0 unspecified atom stereocenters. The van der Waals surface area contributed by atoms with E-state index in [0.717, 1.165) is 11.1 Å². The molecule has 154 valence electrons. The maximum atomic E-state index is 13.6. The molecule has 1 aliphatic rings. The van der Waals surface area contributed by atoms with Crippen LogP contribution in [0.2, 0.25) is 0 Å². The van der Waals surface area contributed by atoms with E-state index in [1.165, 1.54) is 12.4 Å². The first kappa shape index (κ1) is 21.0. The number of halogens is 2. The zero-order valence-electron chi connectivity index (χ0n) is 17.0. The lowest BCUT2D eigenvalue weighted by molar-refractivity contribution is -0.0384. The number of carbonyl (C=O) groups is 1. The Morgan fingerprint density at radius 1 is 1.21 bits per heavy atom. The van der Waals surface area contributed by atoms with Crippen molar-refractivity contribution in [2.75, 3.05) is 5.32 Å². The van der Waals surface area contributed by atoms with Crippen molar-refractivity contribution in [3.05, 3.63) is 53.9 Å². The number of nitrogens with one attached hydrogen (secondary N) is 1. The lowest BCUT2D eigenvalue weighted by Gasteiger charge is -2.29. The fourth-order valence-electron chi connectivity index (χ4n) is 3.53. The molecule has 7 heteroatoms. The zero-order chi connectivity index (χ0) is 21.2. The van der Waals surface area contributed by atoms with Crippen LogP contribution in [0.1, 0.15) is 85.7 Å². The van der Waals surface area contributed by atoms with Gasteiger partial charge in [-0.2, -0.15) is 0 Å². The Morgan fingerprint density at radius 3 is 2.38 bits per heavy atom. The molecule has 0 bridgehead atoms. The van der Waals surface area contributed by atoms with Gasteiger partial charge in [-0.1, -0.05) is 20.4 Å². The van der Waals surface area contributed by atoms with Crippen LogP contribution in [0, 0.1) is 0 Å². The molecular weight excluding hydrogens is 374 g/mol. The molecule has 0 saturated heterocycles. The number of rotatable bonds is 5. The van der Waals surface area contributed by atoms with Crippen LogP contribution in [-0.2, 0) is 0 Å². The molecule has 2 aromatic heterocycles. The van der Waals surface area contributed by atoms with Crippen LogP contribution in [0.3, 0.4) is 0 Å². The van der Waals surface area contributed by atoms with Gasteiger partial charge in [0.25, 0.3) is 5.91 Å². The highest BCUT2D eigenvalue weighted by atomic mass is 19.3. The number of pyridine rings is 1. The number of carbonyl (C=O) groups excluding carboxylic acids is 1. The predicted octanol–water partition coefficient (Wildman–Crippen LogP) is 5.57. The number of nitrogens with zero attached hydrogens (tertiary/aromatic N) is 3. The van der Waals surface area contributed by atoms with E-state index in [4.69, 9.17) is 0 Å². The topological polar surface area (TPSA) is 67.8 Å². The van der Waals surface area contributed by atoms with Gasteiger partial charge >= 0.3 is 0 Å². The maximum Gasteiger partial charge on any atom is 0.258 e. The number of amides is 1. The van der Waals surface area contributed by atoms with Crippen LogP contribution >= 0.6 is 0 Å². The molecule has 1 fully saturated rings. The van der Waals surface area contributed by atoms with Crippen LogP contribution in [0.15, 0.2) is 31.2 Å². The zero-order valence-corrected chi connectivity index (χ0v) is 17.0. The third-order valence-corrected chi connectivity index (χ3v) is 5.23. The van der Waals surface area contributed by atoms with E-state index in [9.17, 15) is 13.6 Å². The SMILES string of the molecule is C=C(C)c1ccnc(C2CCC(F)(F)CC2)c1NC(=O)c1cnc(C(C)C)nc1. The average molecular weight is 400 g/mol.